The van der Waals surface area contributed by atoms with E-state index < -0.39 is 23.7 Å². The van der Waals surface area contributed by atoms with Gasteiger partial charge in [-0.05, 0) is 17.7 Å². The number of likely N-dealkylation sites (tertiary alicyclic amines) is 1. The smallest absolute Gasteiger partial charge is 0.421 e. The summed E-state index contributed by atoms with van der Waals surface area (Å²) in [6.45, 7) is 0.527. The SMILES string of the molecule is O=C(Cc1ccccc1)N1CC(Oc2ncccc2C(F)(F)F)C1. The van der Waals surface area contributed by atoms with E-state index in [0.717, 1.165) is 11.6 Å². The van der Waals surface area contributed by atoms with Crippen molar-refractivity contribution in [2.75, 3.05) is 13.1 Å². The van der Waals surface area contributed by atoms with Crippen molar-refractivity contribution in [3.63, 3.8) is 0 Å². The van der Waals surface area contributed by atoms with Crippen molar-refractivity contribution >= 4 is 5.91 Å². The third-order valence-corrected chi connectivity index (χ3v) is 3.75. The van der Waals surface area contributed by atoms with E-state index in [0.29, 0.717) is 0 Å². The summed E-state index contributed by atoms with van der Waals surface area (Å²) in [5.74, 6) is -0.511. The van der Waals surface area contributed by atoms with Gasteiger partial charge in [-0.2, -0.15) is 13.2 Å². The van der Waals surface area contributed by atoms with Crippen LogP contribution in [0.2, 0.25) is 0 Å². The molecule has 1 aromatic heterocycles. The van der Waals surface area contributed by atoms with E-state index in [4.69, 9.17) is 4.74 Å². The van der Waals surface area contributed by atoms with Gasteiger partial charge < -0.3 is 9.64 Å². The summed E-state index contributed by atoms with van der Waals surface area (Å²) in [6, 6.07) is 11.4. The number of ether oxygens (including phenoxy) is 1. The van der Waals surface area contributed by atoms with Crippen LogP contribution < -0.4 is 4.74 Å². The lowest BCUT2D eigenvalue weighted by atomic mass is 10.1. The molecular formula is C17H15F3N2O2. The van der Waals surface area contributed by atoms with Gasteiger partial charge in [0.25, 0.3) is 0 Å². The minimum absolute atomic E-state index is 0.0712. The first-order valence-electron chi connectivity index (χ1n) is 7.44. The van der Waals surface area contributed by atoms with Crippen molar-refractivity contribution in [3.05, 3.63) is 59.8 Å². The number of aromatic nitrogens is 1. The Morgan fingerprint density at radius 1 is 1.17 bits per heavy atom. The molecule has 3 rings (SSSR count). The van der Waals surface area contributed by atoms with Crippen LogP contribution in [0.4, 0.5) is 13.2 Å². The molecule has 0 unspecified atom stereocenters. The third kappa shape index (κ3) is 3.67. The molecule has 7 heteroatoms. The van der Waals surface area contributed by atoms with Gasteiger partial charge in [-0.25, -0.2) is 4.98 Å². The first-order valence-corrected chi connectivity index (χ1v) is 7.44. The highest BCUT2D eigenvalue weighted by Gasteiger charge is 2.38. The Kier molecular flexibility index (Phi) is 4.42. The Hall–Kier alpha value is -2.57. The number of pyridine rings is 1. The molecule has 0 atom stereocenters. The van der Waals surface area contributed by atoms with Crippen LogP contribution in [-0.2, 0) is 17.4 Å². The Morgan fingerprint density at radius 2 is 1.88 bits per heavy atom. The predicted octanol–water partition coefficient (Wildman–Crippen LogP) is 2.93. The number of alkyl halides is 3. The van der Waals surface area contributed by atoms with Crippen molar-refractivity contribution in [1.29, 1.82) is 0 Å². The third-order valence-electron chi connectivity index (χ3n) is 3.75. The van der Waals surface area contributed by atoms with Crippen LogP contribution in [0.5, 0.6) is 5.88 Å². The summed E-state index contributed by atoms with van der Waals surface area (Å²) in [5, 5.41) is 0. The van der Waals surface area contributed by atoms with E-state index in [1.807, 2.05) is 30.3 Å². The van der Waals surface area contributed by atoms with Gasteiger partial charge in [0.05, 0.1) is 19.5 Å². The highest BCUT2D eigenvalue weighted by atomic mass is 19.4. The fraction of sp³-hybridized carbons (Fsp3) is 0.294. The van der Waals surface area contributed by atoms with Gasteiger partial charge in [-0.3, -0.25) is 4.79 Å². The molecule has 0 radical (unpaired) electrons. The van der Waals surface area contributed by atoms with E-state index in [9.17, 15) is 18.0 Å². The molecule has 0 saturated carbocycles. The van der Waals surface area contributed by atoms with E-state index in [1.165, 1.54) is 12.3 Å². The fourth-order valence-corrected chi connectivity index (χ4v) is 2.46. The maximum atomic E-state index is 12.9. The number of amides is 1. The Balaban J connectivity index is 1.55. The highest BCUT2D eigenvalue weighted by molar-refractivity contribution is 5.79. The lowest BCUT2D eigenvalue weighted by Crippen LogP contribution is -2.56. The number of hydrogen-bond acceptors (Lipinski definition) is 3. The zero-order chi connectivity index (χ0) is 17.2. The molecule has 0 N–H and O–H groups in total. The average molecular weight is 336 g/mol. The molecule has 1 amide bonds. The van der Waals surface area contributed by atoms with Crippen molar-refractivity contribution in [1.82, 2.24) is 9.88 Å². The highest BCUT2D eigenvalue weighted by Crippen LogP contribution is 2.35. The maximum absolute atomic E-state index is 12.9. The van der Waals surface area contributed by atoms with Gasteiger partial charge >= 0.3 is 6.18 Å². The van der Waals surface area contributed by atoms with E-state index in [-0.39, 0.29) is 25.4 Å². The number of benzene rings is 1. The number of rotatable bonds is 4. The Labute approximate surface area is 136 Å². The Bertz CT molecular complexity index is 713. The molecular weight excluding hydrogens is 321 g/mol. The van der Waals surface area contributed by atoms with Crippen LogP contribution >= 0.6 is 0 Å². The molecule has 1 saturated heterocycles. The van der Waals surface area contributed by atoms with E-state index in [2.05, 4.69) is 4.98 Å². The van der Waals surface area contributed by atoms with Gasteiger partial charge in [0.1, 0.15) is 11.7 Å². The predicted molar refractivity (Wildman–Crippen MR) is 80.4 cm³/mol. The molecule has 126 valence electrons. The number of carbonyl (C=O) groups is 1. The topological polar surface area (TPSA) is 42.4 Å². The van der Waals surface area contributed by atoms with Gasteiger partial charge in [-0.1, -0.05) is 30.3 Å². The number of hydrogen-bond donors (Lipinski definition) is 0. The summed E-state index contributed by atoms with van der Waals surface area (Å²) in [6.07, 6.45) is -3.47. The first-order chi connectivity index (χ1) is 11.4. The largest absolute Gasteiger partial charge is 0.470 e. The summed E-state index contributed by atoms with van der Waals surface area (Å²) < 4.78 is 44.0. The van der Waals surface area contributed by atoms with Crippen LogP contribution in [0, 0.1) is 0 Å². The summed E-state index contributed by atoms with van der Waals surface area (Å²) in [4.78, 5) is 17.3. The van der Waals surface area contributed by atoms with Crippen molar-refractivity contribution in [3.8, 4) is 5.88 Å². The minimum Gasteiger partial charge on any atom is -0.470 e. The lowest BCUT2D eigenvalue weighted by Gasteiger charge is -2.39. The monoisotopic (exact) mass is 336 g/mol. The molecule has 4 nitrogen and oxygen atoms in total. The Morgan fingerprint density at radius 3 is 2.54 bits per heavy atom. The normalized spacial score (nSPS) is 15.0. The van der Waals surface area contributed by atoms with Gasteiger partial charge in [0.2, 0.25) is 11.8 Å². The molecule has 0 spiro atoms. The van der Waals surface area contributed by atoms with Gasteiger partial charge in [-0.15, -0.1) is 0 Å². The molecule has 24 heavy (non-hydrogen) atoms. The van der Waals surface area contributed by atoms with Crippen LogP contribution in [0.1, 0.15) is 11.1 Å². The van der Waals surface area contributed by atoms with Crippen LogP contribution in [0.3, 0.4) is 0 Å². The second kappa shape index (κ2) is 6.51. The molecule has 0 aliphatic carbocycles. The van der Waals surface area contributed by atoms with Gasteiger partial charge in [0.15, 0.2) is 0 Å². The molecule has 1 aliphatic rings. The zero-order valence-electron chi connectivity index (χ0n) is 12.7. The molecule has 1 fully saturated rings. The maximum Gasteiger partial charge on any atom is 0.421 e. The van der Waals surface area contributed by atoms with Crippen LogP contribution in [0.25, 0.3) is 0 Å². The first kappa shape index (κ1) is 16.3. The average Bonchev–Trinajstić information content (AvgIpc) is 2.50. The molecule has 2 heterocycles. The molecule has 2 aromatic rings. The van der Waals surface area contributed by atoms with Crippen LogP contribution in [0.15, 0.2) is 48.7 Å². The summed E-state index contributed by atoms with van der Waals surface area (Å²) in [7, 11) is 0. The van der Waals surface area contributed by atoms with E-state index in [1.54, 1.807) is 4.90 Å². The fourth-order valence-electron chi connectivity index (χ4n) is 2.46. The zero-order valence-corrected chi connectivity index (χ0v) is 12.7. The van der Waals surface area contributed by atoms with Crippen LogP contribution in [-0.4, -0.2) is 35.0 Å². The number of halogens is 3. The summed E-state index contributed by atoms with van der Waals surface area (Å²) >= 11 is 0. The molecule has 1 aromatic carbocycles. The van der Waals surface area contributed by atoms with Gasteiger partial charge in [0, 0.05) is 6.20 Å². The number of carbonyl (C=O) groups excluding carboxylic acids is 1. The molecule has 0 bridgehead atoms. The van der Waals surface area contributed by atoms with E-state index >= 15 is 0 Å². The molecule has 1 aliphatic heterocycles. The second-order valence-corrected chi connectivity index (χ2v) is 5.55. The number of nitrogens with zero attached hydrogens (tertiary/aromatic N) is 2. The standard InChI is InChI=1S/C17H15F3N2O2/c18-17(19,20)14-7-4-8-21-16(14)24-13-10-22(11-13)15(23)9-12-5-2-1-3-6-12/h1-8,13H,9-11H2. The van der Waals surface area contributed by atoms with Crippen molar-refractivity contribution < 1.29 is 22.7 Å². The van der Waals surface area contributed by atoms with Crippen molar-refractivity contribution in [2.24, 2.45) is 0 Å². The lowest BCUT2D eigenvalue weighted by molar-refractivity contribution is -0.144. The second-order valence-electron chi connectivity index (χ2n) is 5.55. The van der Waals surface area contributed by atoms with Crippen molar-refractivity contribution in [2.45, 2.75) is 18.7 Å². The summed E-state index contributed by atoms with van der Waals surface area (Å²) in [5.41, 5.74) is -0.00462. The minimum atomic E-state index is -4.52. The quantitative estimate of drug-likeness (QED) is 0.862.